The van der Waals surface area contributed by atoms with E-state index in [9.17, 15) is 9.90 Å². The van der Waals surface area contributed by atoms with Crippen molar-refractivity contribution in [1.29, 1.82) is 0 Å². The van der Waals surface area contributed by atoms with Gasteiger partial charge in [0.15, 0.2) is 0 Å². The van der Waals surface area contributed by atoms with E-state index in [2.05, 4.69) is 29.4 Å². The van der Waals surface area contributed by atoms with Gasteiger partial charge in [-0.3, -0.25) is 4.79 Å². The van der Waals surface area contributed by atoms with Crippen molar-refractivity contribution in [3.8, 4) is 0 Å². The van der Waals surface area contributed by atoms with E-state index in [4.69, 9.17) is 4.98 Å². The minimum absolute atomic E-state index is 0.293. The van der Waals surface area contributed by atoms with Crippen LogP contribution in [0.4, 0.5) is 5.95 Å². The molecule has 1 aromatic carbocycles. The van der Waals surface area contributed by atoms with Crippen molar-refractivity contribution in [3.05, 3.63) is 24.3 Å². The molecule has 0 bridgehead atoms. The Morgan fingerprint density at radius 2 is 2.23 bits per heavy atom. The van der Waals surface area contributed by atoms with Crippen molar-refractivity contribution in [3.63, 3.8) is 0 Å². The molecule has 0 radical (unpaired) electrons. The van der Waals surface area contributed by atoms with Crippen LogP contribution in [0.25, 0.3) is 11.0 Å². The van der Waals surface area contributed by atoms with Crippen molar-refractivity contribution in [2.24, 2.45) is 5.92 Å². The average Bonchev–Trinajstić information content (AvgIpc) is 2.93. The Kier molecular flexibility index (Phi) is 4.05. The van der Waals surface area contributed by atoms with Crippen molar-refractivity contribution in [1.82, 2.24) is 9.55 Å². The van der Waals surface area contributed by atoms with E-state index in [1.807, 2.05) is 18.2 Å². The van der Waals surface area contributed by atoms with Crippen LogP contribution in [0.1, 0.15) is 39.2 Å². The van der Waals surface area contributed by atoms with Crippen LogP contribution in [0.5, 0.6) is 0 Å². The van der Waals surface area contributed by atoms with Gasteiger partial charge in [0.25, 0.3) is 0 Å². The molecular weight excluding hydrogens is 278 g/mol. The molecule has 2 heterocycles. The fourth-order valence-electron chi connectivity index (χ4n) is 3.23. The summed E-state index contributed by atoms with van der Waals surface area (Å²) in [6.45, 7) is 5.79. The number of anilines is 1. The maximum Gasteiger partial charge on any atom is 0.308 e. The average molecular weight is 301 g/mol. The third kappa shape index (κ3) is 2.56. The fraction of sp³-hybridized carbons (Fsp3) is 0.529. The fourth-order valence-corrected chi connectivity index (χ4v) is 3.23. The van der Waals surface area contributed by atoms with Crippen molar-refractivity contribution < 1.29 is 9.90 Å². The molecule has 118 valence electrons. The summed E-state index contributed by atoms with van der Waals surface area (Å²) in [4.78, 5) is 18.3. The van der Waals surface area contributed by atoms with Crippen LogP contribution in [-0.4, -0.2) is 33.7 Å². The second-order valence-corrected chi connectivity index (χ2v) is 6.15. The van der Waals surface area contributed by atoms with Crippen molar-refractivity contribution in [2.45, 2.75) is 39.2 Å². The summed E-state index contributed by atoms with van der Waals surface area (Å²) in [5.41, 5.74) is 2.11. The van der Waals surface area contributed by atoms with Gasteiger partial charge in [0.05, 0.1) is 17.0 Å². The number of carboxylic acid groups (broad SMARTS) is 1. The Morgan fingerprint density at radius 3 is 2.95 bits per heavy atom. The van der Waals surface area contributed by atoms with Crippen LogP contribution in [0.3, 0.4) is 0 Å². The molecule has 0 spiro atoms. The third-order valence-corrected chi connectivity index (χ3v) is 4.66. The molecule has 22 heavy (non-hydrogen) atoms. The molecule has 3 rings (SSSR count). The first kappa shape index (κ1) is 14.9. The predicted octanol–water partition coefficient (Wildman–Crippen LogP) is 3.31. The summed E-state index contributed by atoms with van der Waals surface area (Å²) < 4.78 is 2.26. The van der Waals surface area contributed by atoms with Gasteiger partial charge < -0.3 is 14.6 Å². The number of rotatable bonds is 4. The normalized spacial score (nSPS) is 20.3. The lowest BCUT2D eigenvalue weighted by Crippen LogP contribution is -2.40. The first-order valence-electron chi connectivity index (χ1n) is 8.06. The van der Waals surface area contributed by atoms with Gasteiger partial charge in [0.2, 0.25) is 5.95 Å². The number of hydrogen-bond acceptors (Lipinski definition) is 3. The molecule has 2 aromatic rings. The Balaban J connectivity index is 2.04. The van der Waals surface area contributed by atoms with Gasteiger partial charge >= 0.3 is 5.97 Å². The van der Waals surface area contributed by atoms with Gasteiger partial charge in [0, 0.05) is 19.1 Å². The summed E-state index contributed by atoms with van der Waals surface area (Å²) in [6, 6.07) is 8.49. The number of aliphatic carboxylic acids is 1. The van der Waals surface area contributed by atoms with Gasteiger partial charge in [-0.25, -0.2) is 4.98 Å². The summed E-state index contributed by atoms with van der Waals surface area (Å²) in [5.74, 6) is -0.0728. The Labute approximate surface area is 130 Å². The molecule has 5 nitrogen and oxygen atoms in total. The molecule has 0 saturated carbocycles. The van der Waals surface area contributed by atoms with Crippen LogP contribution < -0.4 is 4.90 Å². The lowest BCUT2D eigenvalue weighted by atomic mass is 9.99. The summed E-state index contributed by atoms with van der Waals surface area (Å²) in [7, 11) is 0. The molecule has 1 saturated heterocycles. The number of imidazole rings is 1. The standard InChI is InChI=1S/C17H23N3O2/c1-3-12(2)20-15-9-5-4-8-14(15)18-17(20)19-10-6-7-13(11-19)16(21)22/h4-5,8-9,12-13H,3,6-7,10-11H2,1-2H3,(H,21,22). The highest BCUT2D eigenvalue weighted by Gasteiger charge is 2.29. The molecule has 1 aliphatic rings. The lowest BCUT2D eigenvalue weighted by molar-refractivity contribution is -0.141. The third-order valence-electron chi connectivity index (χ3n) is 4.66. The first-order valence-corrected chi connectivity index (χ1v) is 8.06. The first-order chi connectivity index (χ1) is 10.6. The Bertz CT molecular complexity index is 680. The molecule has 0 amide bonds. The molecule has 1 N–H and O–H groups in total. The number of fused-ring (bicyclic) bond motifs is 1. The number of piperidine rings is 1. The highest BCUT2D eigenvalue weighted by atomic mass is 16.4. The number of benzene rings is 1. The number of carboxylic acids is 1. The quantitative estimate of drug-likeness (QED) is 0.941. The Morgan fingerprint density at radius 1 is 1.45 bits per heavy atom. The van der Waals surface area contributed by atoms with E-state index in [-0.39, 0.29) is 5.92 Å². The predicted molar refractivity (Wildman–Crippen MR) is 87.3 cm³/mol. The molecule has 2 atom stereocenters. The topological polar surface area (TPSA) is 58.4 Å². The number of aromatic nitrogens is 2. The van der Waals surface area contributed by atoms with Gasteiger partial charge in [-0.15, -0.1) is 0 Å². The van der Waals surface area contributed by atoms with Crippen molar-refractivity contribution >= 4 is 23.0 Å². The van der Waals surface area contributed by atoms with E-state index in [0.717, 1.165) is 42.8 Å². The van der Waals surface area contributed by atoms with Crippen LogP contribution >= 0.6 is 0 Å². The Hall–Kier alpha value is -2.04. The second kappa shape index (κ2) is 5.99. The highest BCUT2D eigenvalue weighted by Crippen LogP contribution is 2.30. The molecule has 1 aromatic heterocycles. The van der Waals surface area contributed by atoms with Gasteiger partial charge in [-0.1, -0.05) is 19.1 Å². The molecule has 1 fully saturated rings. The maximum atomic E-state index is 11.3. The largest absolute Gasteiger partial charge is 0.481 e. The molecule has 1 aliphatic heterocycles. The van der Waals surface area contributed by atoms with Crippen LogP contribution in [0.15, 0.2) is 24.3 Å². The van der Waals surface area contributed by atoms with Gasteiger partial charge in [0.1, 0.15) is 0 Å². The number of hydrogen-bond donors (Lipinski definition) is 1. The molecular formula is C17H23N3O2. The van der Waals surface area contributed by atoms with E-state index in [1.165, 1.54) is 0 Å². The van der Waals surface area contributed by atoms with E-state index >= 15 is 0 Å². The zero-order valence-corrected chi connectivity index (χ0v) is 13.2. The zero-order valence-electron chi connectivity index (χ0n) is 13.2. The van der Waals surface area contributed by atoms with Gasteiger partial charge in [-0.2, -0.15) is 0 Å². The monoisotopic (exact) mass is 301 g/mol. The number of para-hydroxylation sites is 2. The summed E-state index contributed by atoms with van der Waals surface area (Å²) in [6.07, 6.45) is 2.68. The summed E-state index contributed by atoms with van der Waals surface area (Å²) in [5, 5.41) is 9.31. The van der Waals surface area contributed by atoms with Crippen LogP contribution in [0.2, 0.25) is 0 Å². The van der Waals surface area contributed by atoms with Crippen LogP contribution in [0, 0.1) is 5.92 Å². The number of carbonyl (C=O) groups is 1. The minimum atomic E-state index is -0.698. The van der Waals surface area contributed by atoms with E-state index in [0.29, 0.717) is 12.6 Å². The lowest BCUT2D eigenvalue weighted by Gasteiger charge is -2.32. The second-order valence-electron chi connectivity index (χ2n) is 6.15. The molecule has 5 heteroatoms. The zero-order chi connectivity index (χ0) is 15.7. The van der Waals surface area contributed by atoms with E-state index in [1.54, 1.807) is 0 Å². The SMILES string of the molecule is CCC(C)n1c(N2CCCC(C(=O)O)C2)nc2ccccc21. The minimum Gasteiger partial charge on any atom is -0.481 e. The molecule has 2 unspecified atom stereocenters. The van der Waals surface area contributed by atoms with Gasteiger partial charge in [-0.05, 0) is 38.3 Å². The number of nitrogens with zero attached hydrogens (tertiary/aromatic N) is 3. The van der Waals surface area contributed by atoms with E-state index < -0.39 is 5.97 Å². The van der Waals surface area contributed by atoms with Crippen LogP contribution in [-0.2, 0) is 4.79 Å². The highest BCUT2D eigenvalue weighted by molar-refractivity contribution is 5.79. The van der Waals surface area contributed by atoms with Crippen molar-refractivity contribution in [2.75, 3.05) is 18.0 Å². The smallest absolute Gasteiger partial charge is 0.308 e. The molecule has 0 aliphatic carbocycles. The maximum absolute atomic E-state index is 11.3. The summed E-state index contributed by atoms with van der Waals surface area (Å²) >= 11 is 0.